The number of carbonyl (C=O) groups excluding carboxylic acids is 1. The van der Waals surface area contributed by atoms with E-state index in [1.54, 1.807) is 29.2 Å². The molecule has 2 aliphatic rings. The molecule has 104 valence electrons. The molecule has 0 bridgehead atoms. The van der Waals surface area contributed by atoms with E-state index in [-0.39, 0.29) is 17.9 Å². The first-order valence-electron chi connectivity index (χ1n) is 6.95. The summed E-state index contributed by atoms with van der Waals surface area (Å²) in [5, 5.41) is 9.41. The number of amides is 1. The molecule has 20 heavy (non-hydrogen) atoms. The van der Waals surface area contributed by atoms with Crippen molar-refractivity contribution in [2.24, 2.45) is 5.92 Å². The van der Waals surface area contributed by atoms with Gasteiger partial charge in [-0.15, -0.1) is 0 Å². The standard InChI is InChI=1S/C16H17NO3/c18-15(11-6-2-1-3-7-11)17-13-9-5-4-8-12(13)10-14(17)16(19)20/h1-3,5-7,9,12-14H,4,8,10H2,(H,19,20)/t12-,13-,14+/m1/s1. The Labute approximate surface area is 117 Å². The second-order valence-electron chi connectivity index (χ2n) is 5.42. The molecular formula is C16H17NO3. The molecule has 4 heteroatoms. The number of fused-ring (bicyclic) bond motifs is 1. The van der Waals surface area contributed by atoms with Gasteiger partial charge >= 0.3 is 5.97 Å². The van der Waals surface area contributed by atoms with E-state index in [9.17, 15) is 14.7 Å². The zero-order valence-corrected chi connectivity index (χ0v) is 11.1. The van der Waals surface area contributed by atoms with Crippen LogP contribution in [0.5, 0.6) is 0 Å². The Morgan fingerprint density at radius 2 is 1.95 bits per heavy atom. The van der Waals surface area contributed by atoms with Crippen molar-refractivity contribution in [2.45, 2.75) is 31.3 Å². The predicted octanol–water partition coefficient (Wildman–Crippen LogP) is 2.32. The first-order chi connectivity index (χ1) is 9.68. The summed E-state index contributed by atoms with van der Waals surface area (Å²) < 4.78 is 0. The van der Waals surface area contributed by atoms with E-state index in [4.69, 9.17) is 0 Å². The lowest BCUT2D eigenvalue weighted by atomic mass is 9.89. The van der Waals surface area contributed by atoms with Gasteiger partial charge in [0.2, 0.25) is 0 Å². The van der Waals surface area contributed by atoms with Crippen molar-refractivity contribution in [1.29, 1.82) is 0 Å². The van der Waals surface area contributed by atoms with Gasteiger partial charge in [-0.3, -0.25) is 4.79 Å². The molecule has 0 radical (unpaired) electrons. The van der Waals surface area contributed by atoms with Crippen LogP contribution in [-0.4, -0.2) is 34.0 Å². The highest BCUT2D eigenvalue weighted by atomic mass is 16.4. The number of likely N-dealkylation sites (tertiary alicyclic amines) is 1. The topological polar surface area (TPSA) is 57.6 Å². The van der Waals surface area contributed by atoms with Crippen molar-refractivity contribution in [3.63, 3.8) is 0 Å². The summed E-state index contributed by atoms with van der Waals surface area (Å²) >= 11 is 0. The fraction of sp³-hybridized carbons (Fsp3) is 0.375. The molecule has 3 atom stereocenters. The summed E-state index contributed by atoms with van der Waals surface area (Å²) in [6, 6.07) is 8.14. The van der Waals surface area contributed by atoms with E-state index in [0.29, 0.717) is 12.0 Å². The van der Waals surface area contributed by atoms with Crippen LogP contribution in [-0.2, 0) is 4.79 Å². The number of nitrogens with zero attached hydrogens (tertiary/aromatic N) is 1. The minimum atomic E-state index is -0.905. The van der Waals surface area contributed by atoms with Gasteiger partial charge in [-0.05, 0) is 37.3 Å². The van der Waals surface area contributed by atoms with Crippen LogP contribution in [0.3, 0.4) is 0 Å². The third kappa shape index (κ3) is 2.11. The lowest BCUT2D eigenvalue weighted by Gasteiger charge is -2.29. The SMILES string of the molecule is O=C(O)[C@@H]1C[C@H]2CCC=C[C@H]2N1C(=O)c1ccccc1. The Hall–Kier alpha value is -2.10. The maximum Gasteiger partial charge on any atom is 0.326 e. The Morgan fingerprint density at radius 3 is 2.65 bits per heavy atom. The average molecular weight is 271 g/mol. The summed E-state index contributed by atoms with van der Waals surface area (Å²) in [5.74, 6) is -0.817. The van der Waals surface area contributed by atoms with Crippen LogP contribution in [0, 0.1) is 5.92 Å². The van der Waals surface area contributed by atoms with Crippen molar-refractivity contribution >= 4 is 11.9 Å². The summed E-state index contributed by atoms with van der Waals surface area (Å²) in [6.45, 7) is 0. The normalized spacial score (nSPS) is 28.2. The highest BCUT2D eigenvalue weighted by Crippen LogP contribution is 2.37. The number of carbonyl (C=O) groups is 2. The van der Waals surface area contributed by atoms with Crippen LogP contribution in [0.4, 0.5) is 0 Å². The molecule has 1 heterocycles. The van der Waals surface area contributed by atoms with Crippen molar-refractivity contribution < 1.29 is 14.7 Å². The number of rotatable bonds is 2. The van der Waals surface area contributed by atoms with Crippen LogP contribution in [0.25, 0.3) is 0 Å². The number of hydrogen-bond donors (Lipinski definition) is 1. The fourth-order valence-electron chi connectivity index (χ4n) is 3.29. The van der Waals surface area contributed by atoms with Gasteiger partial charge in [0.15, 0.2) is 0 Å². The van der Waals surface area contributed by atoms with Crippen molar-refractivity contribution in [1.82, 2.24) is 4.90 Å². The fourth-order valence-corrected chi connectivity index (χ4v) is 3.29. The quantitative estimate of drug-likeness (QED) is 0.840. The molecule has 4 nitrogen and oxygen atoms in total. The molecule has 1 saturated heterocycles. The third-order valence-electron chi connectivity index (χ3n) is 4.24. The maximum absolute atomic E-state index is 12.6. The molecule has 0 spiro atoms. The molecular weight excluding hydrogens is 254 g/mol. The van der Waals surface area contributed by atoms with Crippen LogP contribution in [0.1, 0.15) is 29.6 Å². The first kappa shape index (κ1) is 12.9. The Kier molecular flexibility index (Phi) is 3.30. The second-order valence-corrected chi connectivity index (χ2v) is 5.42. The lowest BCUT2D eigenvalue weighted by molar-refractivity contribution is -0.141. The molecule has 1 fully saturated rings. The Bertz CT molecular complexity index is 552. The summed E-state index contributed by atoms with van der Waals surface area (Å²) in [7, 11) is 0. The van der Waals surface area contributed by atoms with Crippen molar-refractivity contribution in [3.8, 4) is 0 Å². The van der Waals surface area contributed by atoms with Gasteiger partial charge in [-0.1, -0.05) is 30.4 Å². The van der Waals surface area contributed by atoms with E-state index >= 15 is 0 Å². The van der Waals surface area contributed by atoms with Crippen LogP contribution >= 0.6 is 0 Å². The number of hydrogen-bond acceptors (Lipinski definition) is 2. The summed E-state index contributed by atoms with van der Waals surface area (Å²) in [4.78, 5) is 25.7. The van der Waals surface area contributed by atoms with Crippen LogP contribution in [0.2, 0.25) is 0 Å². The molecule has 3 rings (SSSR count). The number of allylic oxidation sites excluding steroid dienone is 1. The number of carboxylic acids is 1. The Morgan fingerprint density at radius 1 is 1.20 bits per heavy atom. The minimum Gasteiger partial charge on any atom is -0.480 e. The van der Waals surface area contributed by atoms with Crippen molar-refractivity contribution in [3.05, 3.63) is 48.0 Å². The smallest absolute Gasteiger partial charge is 0.326 e. The highest BCUT2D eigenvalue weighted by molar-refractivity contribution is 5.97. The van der Waals surface area contributed by atoms with E-state index in [1.165, 1.54) is 0 Å². The molecule has 1 aliphatic carbocycles. The molecule has 0 saturated carbocycles. The number of benzene rings is 1. The zero-order valence-electron chi connectivity index (χ0n) is 11.1. The molecule has 1 N–H and O–H groups in total. The zero-order chi connectivity index (χ0) is 14.1. The molecule has 0 aromatic heterocycles. The molecule has 1 amide bonds. The summed E-state index contributed by atoms with van der Waals surface area (Å²) in [6.07, 6.45) is 6.54. The third-order valence-corrected chi connectivity index (χ3v) is 4.24. The predicted molar refractivity (Wildman–Crippen MR) is 74.3 cm³/mol. The lowest BCUT2D eigenvalue weighted by Crippen LogP contribution is -2.45. The minimum absolute atomic E-state index is 0.0717. The van der Waals surface area contributed by atoms with E-state index in [2.05, 4.69) is 6.08 Å². The van der Waals surface area contributed by atoms with Crippen LogP contribution < -0.4 is 0 Å². The van der Waals surface area contributed by atoms with E-state index in [1.807, 2.05) is 12.1 Å². The van der Waals surface area contributed by atoms with Crippen molar-refractivity contribution in [2.75, 3.05) is 0 Å². The van der Waals surface area contributed by atoms with Gasteiger partial charge in [0.05, 0.1) is 6.04 Å². The average Bonchev–Trinajstić information content (AvgIpc) is 2.87. The second kappa shape index (κ2) is 5.12. The number of carboxylic acid groups (broad SMARTS) is 1. The molecule has 1 aromatic rings. The van der Waals surface area contributed by atoms with Gasteiger partial charge in [0.25, 0.3) is 5.91 Å². The first-order valence-corrected chi connectivity index (χ1v) is 6.95. The summed E-state index contributed by atoms with van der Waals surface area (Å²) in [5.41, 5.74) is 0.554. The molecule has 1 aromatic carbocycles. The largest absolute Gasteiger partial charge is 0.480 e. The molecule has 1 aliphatic heterocycles. The highest BCUT2D eigenvalue weighted by Gasteiger charge is 2.46. The Balaban J connectivity index is 1.95. The maximum atomic E-state index is 12.6. The monoisotopic (exact) mass is 271 g/mol. The van der Waals surface area contributed by atoms with Gasteiger partial charge in [0, 0.05) is 5.56 Å². The van der Waals surface area contributed by atoms with E-state index in [0.717, 1.165) is 12.8 Å². The van der Waals surface area contributed by atoms with Gasteiger partial charge in [0.1, 0.15) is 6.04 Å². The van der Waals surface area contributed by atoms with Gasteiger partial charge in [-0.2, -0.15) is 0 Å². The van der Waals surface area contributed by atoms with Crippen LogP contribution in [0.15, 0.2) is 42.5 Å². The van der Waals surface area contributed by atoms with E-state index < -0.39 is 12.0 Å². The molecule has 0 unspecified atom stereocenters. The van der Waals surface area contributed by atoms with Gasteiger partial charge in [-0.25, -0.2) is 4.79 Å². The number of aliphatic carboxylic acids is 1. The van der Waals surface area contributed by atoms with Gasteiger partial charge < -0.3 is 10.0 Å².